The number of benzene rings is 3. The fourth-order valence-corrected chi connectivity index (χ4v) is 6.27. The van der Waals surface area contributed by atoms with Crippen LogP contribution in [0.15, 0.2) is 164 Å². The Balaban J connectivity index is 1.23. The smallest absolute Gasteiger partial charge is 0.0978 e. The lowest BCUT2D eigenvalue weighted by Gasteiger charge is -2.13. The molecule has 8 aromatic rings. The van der Waals surface area contributed by atoms with E-state index >= 15 is 0 Å². The van der Waals surface area contributed by atoms with Gasteiger partial charge in [0.25, 0.3) is 0 Å². The van der Waals surface area contributed by atoms with Crippen LogP contribution in [0, 0.1) is 0 Å². The molecule has 6 heteroatoms. The lowest BCUT2D eigenvalue weighted by atomic mass is 9.95. The number of fused-ring (bicyclic) bond motifs is 4. The maximum atomic E-state index is 5.22. The van der Waals surface area contributed by atoms with Gasteiger partial charge in [-0.3, -0.25) is 15.0 Å². The van der Waals surface area contributed by atoms with Crippen molar-refractivity contribution in [3.8, 4) is 44.9 Å². The van der Waals surface area contributed by atoms with Crippen LogP contribution < -0.4 is 0 Å². The summed E-state index contributed by atoms with van der Waals surface area (Å²) in [5.41, 5.74) is 12.0. The predicted octanol–water partition coefficient (Wildman–Crippen LogP) is 9.95. The topological polar surface area (TPSA) is 76.8 Å². The van der Waals surface area contributed by atoms with Crippen LogP contribution in [0.1, 0.15) is 5.69 Å². The molecular formula is C43H30N6. The summed E-state index contributed by atoms with van der Waals surface area (Å²) in [7, 11) is 1.77. The molecule has 8 rings (SSSR count). The minimum absolute atomic E-state index is 0.761. The van der Waals surface area contributed by atoms with Gasteiger partial charge in [0.15, 0.2) is 0 Å². The average Bonchev–Trinajstić information content (AvgIpc) is 3.17. The fourth-order valence-electron chi connectivity index (χ4n) is 6.27. The normalized spacial score (nSPS) is 11.9. The third-order valence-electron chi connectivity index (χ3n) is 8.64. The molecular weight excluding hydrogens is 601 g/mol. The van der Waals surface area contributed by atoms with E-state index in [-0.39, 0.29) is 0 Å². The van der Waals surface area contributed by atoms with Gasteiger partial charge in [-0.05, 0) is 71.3 Å². The Morgan fingerprint density at radius 3 is 2.20 bits per heavy atom. The molecule has 0 spiro atoms. The Kier molecular flexibility index (Phi) is 7.80. The number of aromatic nitrogens is 5. The third-order valence-corrected chi connectivity index (χ3v) is 8.64. The Hall–Kier alpha value is -6.66. The first-order chi connectivity index (χ1) is 24.2. The number of nitrogens with zero attached hydrogens (tertiary/aromatic N) is 6. The fraction of sp³-hybridized carbons (Fsp3) is 0.0233. The van der Waals surface area contributed by atoms with Crippen LogP contribution in [0.2, 0.25) is 0 Å². The number of hydrogen-bond acceptors (Lipinski definition) is 6. The van der Waals surface area contributed by atoms with E-state index in [2.05, 4.69) is 113 Å². The highest BCUT2D eigenvalue weighted by Gasteiger charge is 2.15. The van der Waals surface area contributed by atoms with Crippen molar-refractivity contribution in [2.45, 2.75) is 0 Å². The number of para-hydroxylation sites is 1. The highest BCUT2D eigenvalue weighted by molar-refractivity contribution is 6.16. The first-order valence-electron chi connectivity index (χ1n) is 16.0. The van der Waals surface area contributed by atoms with Gasteiger partial charge in [-0.2, -0.15) is 0 Å². The highest BCUT2D eigenvalue weighted by atomic mass is 14.8. The van der Waals surface area contributed by atoms with Gasteiger partial charge in [0, 0.05) is 52.9 Å². The van der Waals surface area contributed by atoms with E-state index in [9.17, 15) is 0 Å². The molecule has 5 aromatic heterocycles. The first-order valence-corrected chi connectivity index (χ1v) is 16.0. The summed E-state index contributed by atoms with van der Waals surface area (Å²) in [6, 6.07) is 39.4. The monoisotopic (exact) mass is 630 g/mol. The predicted molar refractivity (Wildman–Crippen MR) is 201 cm³/mol. The van der Waals surface area contributed by atoms with Gasteiger partial charge in [0.05, 0.1) is 45.0 Å². The third kappa shape index (κ3) is 5.66. The zero-order valence-corrected chi connectivity index (χ0v) is 26.8. The van der Waals surface area contributed by atoms with Gasteiger partial charge < -0.3 is 0 Å². The molecule has 0 saturated heterocycles. The average molecular weight is 631 g/mol. The van der Waals surface area contributed by atoms with Crippen molar-refractivity contribution in [3.05, 3.63) is 164 Å². The van der Waals surface area contributed by atoms with Crippen molar-refractivity contribution in [2.75, 3.05) is 7.05 Å². The summed E-state index contributed by atoms with van der Waals surface area (Å²) < 4.78 is 0. The molecule has 49 heavy (non-hydrogen) atoms. The van der Waals surface area contributed by atoms with E-state index in [1.165, 1.54) is 0 Å². The molecule has 3 aromatic carbocycles. The first kappa shape index (κ1) is 29.7. The molecule has 5 heterocycles. The molecule has 232 valence electrons. The molecule has 0 amide bonds. The standard InChI is InChI=1S/C43H30N6/c1-3-4-10-37(44-2)39-26-32(27-40(47-39)38-12-7-8-23-46-38)28-13-15-29(16-14-28)35-20-18-31-17-19-34-41(30-21-24-45-25-22-30)33-9-5-6-11-36(33)49-43(34)42(31)48-35/h3-27H,1H2,2H3/b10-4-,44-37+. The minimum atomic E-state index is 0.761. The van der Waals surface area contributed by atoms with E-state index in [4.69, 9.17) is 15.0 Å². The van der Waals surface area contributed by atoms with Crippen LogP contribution in [0.4, 0.5) is 0 Å². The van der Waals surface area contributed by atoms with E-state index in [1.807, 2.05) is 48.8 Å². The Labute approximate surface area is 284 Å². The Bertz CT molecular complexity index is 2560. The van der Waals surface area contributed by atoms with Gasteiger partial charge in [-0.15, -0.1) is 0 Å². The van der Waals surface area contributed by atoms with E-state index in [0.717, 1.165) is 89.0 Å². The molecule has 6 nitrogen and oxygen atoms in total. The lowest BCUT2D eigenvalue weighted by molar-refractivity contribution is 1.23. The highest BCUT2D eigenvalue weighted by Crippen LogP contribution is 2.37. The number of allylic oxidation sites excluding steroid dienone is 3. The molecule has 0 unspecified atom stereocenters. The Morgan fingerprint density at radius 1 is 0.612 bits per heavy atom. The molecule has 0 aliphatic rings. The Morgan fingerprint density at radius 2 is 1.41 bits per heavy atom. The van der Waals surface area contributed by atoms with Crippen LogP contribution in [-0.2, 0) is 0 Å². The SMILES string of the molecule is C=C/C=C\C(=N/C)c1cc(-c2ccc(-c3ccc4ccc5c(-c6ccncc6)c6ccccc6nc5c4n3)cc2)cc(-c2ccccn2)n1. The quantitative estimate of drug-likeness (QED) is 0.0758. The van der Waals surface area contributed by atoms with Crippen LogP contribution in [-0.4, -0.2) is 37.7 Å². The van der Waals surface area contributed by atoms with Crippen molar-refractivity contribution in [1.82, 2.24) is 24.9 Å². The summed E-state index contributed by atoms with van der Waals surface area (Å²) in [6.45, 7) is 3.80. The van der Waals surface area contributed by atoms with Crippen molar-refractivity contribution >= 4 is 38.4 Å². The molecule has 0 fully saturated rings. The zero-order valence-electron chi connectivity index (χ0n) is 26.8. The second-order valence-corrected chi connectivity index (χ2v) is 11.6. The van der Waals surface area contributed by atoms with Crippen molar-refractivity contribution < 1.29 is 0 Å². The summed E-state index contributed by atoms with van der Waals surface area (Å²) in [5.74, 6) is 0. The van der Waals surface area contributed by atoms with Gasteiger partial charge in [-0.25, -0.2) is 15.0 Å². The summed E-state index contributed by atoms with van der Waals surface area (Å²) in [6.07, 6.45) is 11.0. The van der Waals surface area contributed by atoms with Gasteiger partial charge >= 0.3 is 0 Å². The van der Waals surface area contributed by atoms with E-state index in [0.29, 0.717) is 0 Å². The lowest BCUT2D eigenvalue weighted by Crippen LogP contribution is -2.03. The second kappa shape index (κ2) is 12.9. The zero-order chi connectivity index (χ0) is 33.2. The molecule has 0 aliphatic heterocycles. The van der Waals surface area contributed by atoms with E-state index in [1.54, 1.807) is 19.3 Å². The number of aliphatic imine (C=N–C) groups is 1. The van der Waals surface area contributed by atoms with Crippen LogP contribution in [0.3, 0.4) is 0 Å². The molecule has 0 atom stereocenters. The van der Waals surface area contributed by atoms with Gasteiger partial charge in [0.1, 0.15) is 0 Å². The minimum Gasteiger partial charge on any atom is -0.286 e. The molecule has 0 aliphatic carbocycles. The number of hydrogen-bond donors (Lipinski definition) is 0. The summed E-state index contributed by atoms with van der Waals surface area (Å²) >= 11 is 0. The summed E-state index contributed by atoms with van der Waals surface area (Å²) in [5, 5.41) is 3.21. The van der Waals surface area contributed by atoms with Gasteiger partial charge in [-0.1, -0.05) is 85.5 Å². The van der Waals surface area contributed by atoms with Crippen molar-refractivity contribution in [3.63, 3.8) is 0 Å². The maximum absolute atomic E-state index is 5.22. The van der Waals surface area contributed by atoms with Gasteiger partial charge in [0.2, 0.25) is 0 Å². The van der Waals surface area contributed by atoms with Crippen LogP contribution in [0.25, 0.3) is 77.6 Å². The van der Waals surface area contributed by atoms with Crippen LogP contribution >= 0.6 is 0 Å². The molecule has 0 radical (unpaired) electrons. The molecule has 0 N–H and O–H groups in total. The largest absolute Gasteiger partial charge is 0.286 e. The second-order valence-electron chi connectivity index (χ2n) is 11.6. The summed E-state index contributed by atoms with van der Waals surface area (Å²) in [4.78, 5) is 28.6. The number of pyridine rings is 5. The maximum Gasteiger partial charge on any atom is 0.0978 e. The number of rotatable bonds is 7. The van der Waals surface area contributed by atoms with Crippen molar-refractivity contribution in [1.29, 1.82) is 0 Å². The van der Waals surface area contributed by atoms with E-state index < -0.39 is 0 Å². The van der Waals surface area contributed by atoms with Crippen molar-refractivity contribution in [2.24, 2.45) is 4.99 Å². The van der Waals surface area contributed by atoms with Crippen LogP contribution in [0.5, 0.6) is 0 Å². The molecule has 0 bridgehead atoms. The molecule has 0 saturated carbocycles.